The van der Waals surface area contributed by atoms with Crippen molar-refractivity contribution in [3.63, 3.8) is 0 Å². The number of nitrogens with two attached hydrogens (primary N) is 1. The number of carbonyl (C=O) groups excluding carboxylic acids is 1. The topological polar surface area (TPSA) is 64.3 Å². The van der Waals surface area contributed by atoms with Gasteiger partial charge in [0.2, 0.25) is 5.91 Å². The molecule has 0 aromatic heterocycles. The molecule has 0 aliphatic heterocycles. The summed E-state index contributed by atoms with van der Waals surface area (Å²) in [6.45, 7) is 6.75. The first-order valence-corrected chi connectivity index (χ1v) is 7.20. The highest BCUT2D eigenvalue weighted by Crippen LogP contribution is 2.22. The molecule has 112 valence electrons. The number of ether oxygens (including phenoxy) is 1. The van der Waals surface area contributed by atoms with Gasteiger partial charge in [-0.2, -0.15) is 0 Å². The number of amides is 1. The lowest BCUT2D eigenvalue weighted by atomic mass is 10.1. The number of nitrogens with one attached hydrogen (secondary N) is 1. The molecule has 0 aliphatic rings. The molecule has 0 radical (unpaired) electrons. The molecule has 0 saturated heterocycles. The molecular formula is C15H23ClN2O2. The molecule has 1 aromatic rings. The summed E-state index contributed by atoms with van der Waals surface area (Å²) in [5.74, 6) is -0.0513. The average molecular weight is 299 g/mol. The minimum Gasteiger partial charge on any atom is -0.397 e. The maximum atomic E-state index is 11.8. The summed E-state index contributed by atoms with van der Waals surface area (Å²) >= 11 is 5.82. The molecular weight excluding hydrogens is 276 g/mol. The molecule has 4 nitrogen and oxygen atoms in total. The van der Waals surface area contributed by atoms with Gasteiger partial charge in [-0.1, -0.05) is 18.5 Å². The summed E-state index contributed by atoms with van der Waals surface area (Å²) < 4.78 is 5.70. The second kappa shape index (κ2) is 7.50. The Balaban J connectivity index is 2.32. The van der Waals surface area contributed by atoms with E-state index in [1.54, 1.807) is 18.2 Å². The molecule has 3 N–H and O–H groups in total. The molecule has 0 bridgehead atoms. The molecule has 1 aromatic carbocycles. The first-order valence-electron chi connectivity index (χ1n) is 6.83. The second-order valence-electron chi connectivity index (χ2n) is 5.35. The summed E-state index contributed by atoms with van der Waals surface area (Å²) in [5, 5.41) is 3.27. The van der Waals surface area contributed by atoms with Gasteiger partial charge < -0.3 is 15.8 Å². The Bertz CT molecular complexity index is 461. The van der Waals surface area contributed by atoms with Crippen molar-refractivity contribution in [2.75, 3.05) is 17.7 Å². The predicted molar refractivity (Wildman–Crippen MR) is 84.1 cm³/mol. The van der Waals surface area contributed by atoms with E-state index >= 15 is 0 Å². The van der Waals surface area contributed by atoms with E-state index in [2.05, 4.69) is 12.2 Å². The van der Waals surface area contributed by atoms with Gasteiger partial charge in [0.1, 0.15) is 0 Å². The van der Waals surface area contributed by atoms with Crippen molar-refractivity contribution in [3.05, 3.63) is 23.2 Å². The zero-order valence-corrected chi connectivity index (χ0v) is 13.1. The SMILES string of the molecule is CCC(C)(C)OCCCC(=O)Nc1ccc(Cl)c(N)c1. The lowest BCUT2D eigenvalue weighted by Crippen LogP contribution is -2.24. The molecule has 5 heteroatoms. The van der Waals surface area contributed by atoms with Gasteiger partial charge in [-0.05, 0) is 44.9 Å². The van der Waals surface area contributed by atoms with E-state index in [-0.39, 0.29) is 11.5 Å². The molecule has 0 aliphatic carbocycles. The average Bonchev–Trinajstić information content (AvgIpc) is 2.39. The summed E-state index contributed by atoms with van der Waals surface area (Å²) in [6, 6.07) is 5.05. The van der Waals surface area contributed by atoms with Crippen LogP contribution >= 0.6 is 11.6 Å². The fourth-order valence-corrected chi connectivity index (χ4v) is 1.65. The molecule has 1 amide bonds. The highest BCUT2D eigenvalue weighted by atomic mass is 35.5. The second-order valence-corrected chi connectivity index (χ2v) is 5.76. The fraction of sp³-hybridized carbons (Fsp3) is 0.533. The quantitative estimate of drug-likeness (QED) is 0.593. The minimum atomic E-state index is -0.124. The standard InChI is InChI=1S/C15H23ClN2O2/c1-4-15(2,3)20-9-5-6-14(19)18-11-7-8-12(16)13(17)10-11/h7-8,10H,4-6,9,17H2,1-3H3,(H,18,19). The van der Waals surface area contributed by atoms with E-state index < -0.39 is 0 Å². The van der Waals surface area contributed by atoms with Crippen LogP contribution in [-0.4, -0.2) is 18.1 Å². The highest BCUT2D eigenvalue weighted by molar-refractivity contribution is 6.33. The first-order chi connectivity index (χ1) is 9.34. The maximum Gasteiger partial charge on any atom is 0.224 e. The Labute approximate surface area is 125 Å². The van der Waals surface area contributed by atoms with Crippen molar-refractivity contribution in [1.29, 1.82) is 0 Å². The summed E-state index contributed by atoms with van der Waals surface area (Å²) in [6.07, 6.45) is 2.06. The lowest BCUT2D eigenvalue weighted by Gasteiger charge is -2.23. The highest BCUT2D eigenvalue weighted by Gasteiger charge is 2.14. The molecule has 0 unspecified atom stereocenters. The van der Waals surface area contributed by atoms with Crippen LogP contribution in [0.15, 0.2) is 18.2 Å². The van der Waals surface area contributed by atoms with Gasteiger partial charge in [0, 0.05) is 18.7 Å². The summed E-state index contributed by atoms with van der Waals surface area (Å²) in [7, 11) is 0. The molecule has 0 saturated carbocycles. The third kappa shape index (κ3) is 5.80. The normalized spacial score (nSPS) is 11.4. The van der Waals surface area contributed by atoms with Crippen LogP contribution in [0.25, 0.3) is 0 Å². The van der Waals surface area contributed by atoms with E-state index in [1.807, 2.05) is 13.8 Å². The molecule has 1 rings (SSSR count). The first kappa shape index (κ1) is 16.8. The van der Waals surface area contributed by atoms with Gasteiger partial charge in [0.05, 0.1) is 16.3 Å². The number of carbonyl (C=O) groups is 1. The lowest BCUT2D eigenvalue weighted by molar-refractivity contribution is -0.117. The van der Waals surface area contributed by atoms with Gasteiger partial charge in [-0.3, -0.25) is 4.79 Å². The number of anilines is 2. The van der Waals surface area contributed by atoms with Crippen molar-refractivity contribution in [2.45, 2.75) is 45.6 Å². The van der Waals surface area contributed by atoms with E-state index in [9.17, 15) is 4.79 Å². The monoisotopic (exact) mass is 298 g/mol. The van der Waals surface area contributed by atoms with Gasteiger partial charge in [-0.15, -0.1) is 0 Å². The summed E-state index contributed by atoms with van der Waals surface area (Å²) in [4.78, 5) is 11.8. The number of halogens is 1. The third-order valence-corrected chi connectivity index (χ3v) is 3.52. The number of hydrogen-bond acceptors (Lipinski definition) is 3. The van der Waals surface area contributed by atoms with Crippen molar-refractivity contribution >= 4 is 28.9 Å². The molecule has 20 heavy (non-hydrogen) atoms. The van der Waals surface area contributed by atoms with Crippen LogP contribution in [0, 0.1) is 0 Å². The third-order valence-electron chi connectivity index (χ3n) is 3.17. The molecule has 0 spiro atoms. The van der Waals surface area contributed by atoms with Gasteiger partial charge in [0.15, 0.2) is 0 Å². The van der Waals surface area contributed by atoms with E-state index in [0.717, 1.165) is 6.42 Å². The van der Waals surface area contributed by atoms with Crippen LogP contribution in [0.5, 0.6) is 0 Å². The zero-order chi connectivity index (χ0) is 15.2. The molecule has 0 atom stereocenters. The zero-order valence-electron chi connectivity index (χ0n) is 12.3. The number of rotatable bonds is 7. The summed E-state index contributed by atoms with van der Waals surface area (Å²) in [5.41, 5.74) is 6.67. The number of nitrogen functional groups attached to an aromatic ring is 1. The van der Waals surface area contributed by atoms with Crippen LogP contribution in [0.1, 0.15) is 40.0 Å². The molecule has 0 fully saturated rings. The Hall–Kier alpha value is -1.26. The Morgan fingerprint density at radius 3 is 2.75 bits per heavy atom. The number of benzene rings is 1. The molecule has 0 heterocycles. The van der Waals surface area contributed by atoms with Crippen LogP contribution in [0.2, 0.25) is 5.02 Å². The van der Waals surface area contributed by atoms with E-state index in [1.165, 1.54) is 0 Å². The maximum absolute atomic E-state index is 11.8. The van der Waals surface area contributed by atoms with E-state index in [0.29, 0.717) is 35.8 Å². The van der Waals surface area contributed by atoms with Gasteiger partial charge in [0.25, 0.3) is 0 Å². The van der Waals surface area contributed by atoms with Crippen molar-refractivity contribution in [3.8, 4) is 0 Å². The van der Waals surface area contributed by atoms with Crippen LogP contribution in [0.3, 0.4) is 0 Å². The van der Waals surface area contributed by atoms with Crippen LogP contribution in [0.4, 0.5) is 11.4 Å². The number of hydrogen-bond donors (Lipinski definition) is 2. The van der Waals surface area contributed by atoms with Crippen molar-refractivity contribution in [2.24, 2.45) is 0 Å². The Morgan fingerprint density at radius 2 is 2.15 bits per heavy atom. The smallest absolute Gasteiger partial charge is 0.224 e. The minimum absolute atomic E-state index is 0.0513. The van der Waals surface area contributed by atoms with Crippen molar-refractivity contribution in [1.82, 2.24) is 0 Å². The largest absolute Gasteiger partial charge is 0.397 e. The van der Waals surface area contributed by atoms with Crippen molar-refractivity contribution < 1.29 is 9.53 Å². The Morgan fingerprint density at radius 1 is 1.45 bits per heavy atom. The van der Waals surface area contributed by atoms with E-state index in [4.69, 9.17) is 22.1 Å². The Kier molecular flexibility index (Phi) is 6.30. The van der Waals surface area contributed by atoms with Gasteiger partial charge in [-0.25, -0.2) is 0 Å². The van der Waals surface area contributed by atoms with Crippen LogP contribution in [-0.2, 0) is 9.53 Å². The van der Waals surface area contributed by atoms with Gasteiger partial charge >= 0.3 is 0 Å². The predicted octanol–water partition coefficient (Wildman–Crippen LogP) is 3.85. The fourth-order valence-electron chi connectivity index (χ4n) is 1.53. The van der Waals surface area contributed by atoms with Crippen LogP contribution < -0.4 is 11.1 Å².